The fourth-order valence-electron chi connectivity index (χ4n) is 3.66. The largest absolute Gasteiger partial charge is 0.332 e. The Hall–Kier alpha value is -1.54. The van der Waals surface area contributed by atoms with Crippen molar-refractivity contribution in [3.05, 3.63) is 22.2 Å². The van der Waals surface area contributed by atoms with Crippen LogP contribution < -0.4 is 0 Å². The monoisotopic (exact) mass is 396 g/mol. The normalized spacial score (nSPS) is 18.5. The molecule has 0 radical (unpaired) electrons. The van der Waals surface area contributed by atoms with Gasteiger partial charge in [0, 0.05) is 20.0 Å². The molecule has 2 aromatic heterocycles. The summed E-state index contributed by atoms with van der Waals surface area (Å²) in [6.07, 6.45) is 4.28. The van der Waals surface area contributed by atoms with Crippen LogP contribution in [0.5, 0.6) is 0 Å². The predicted molar refractivity (Wildman–Crippen MR) is 103 cm³/mol. The first-order valence-corrected chi connectivity index (χ1v) is 10.4. The van der Waals surface area contributed by atoms with Gasteiger partial charge in [-0.1, -0.05) is 23.4 Å². The fourth-order valence-corrected chi connectivity index (χ4v) is 4.27. The minimum Gasteiger partial charge on any atom is -0.332 e. The van der Waals surface area contributed by atoms with Gasteiger partial charge in [-0.2, -0.15) is 5.10 Å². The molecule has 1 saturated heterocycles. The number of aryl methyl sites for hydroxylation is 1. The molecule has 3 heterocycles. The number of carbonyl (C=O) groups excluding carboxylic acids is 1. The smallest absolute Gasteiger partial charge is 0.225 e. The van der Waals surface area contributed by atoms with E-state index >= 15 is 0 Å². The highest BCUT2D eigenvalue weighted by atomic mass is 35.5. The van der Waals surface area contributed by atoms with E-state index in [-0.39, 0.29) is 18.0 Å². The SMILES string of the molecule is CSc1nnc(C2CCCN2C(=O)CC(C)n2nc(C)c(Cl)c2C)n1C. The molecule has 1 aliphatic heterocycles. The van der Waals surface area contributed by atoms with Crippen LogP contribution in [0.15, 0.2) is 5.16 Å². The second-order valence-electron chi connectivity index (χ2n) is 6.83. The average Bonchev–Trinajstić information content (AvgIpc) is 3.29. The Balaban J connectivity index is 1.76. The summed E-state index contributed by atoms with van der Waals surface area (Å²) in [6.45, 7) is 6.59. The maximum Gasteiger partial charge on any atom is 0.225 e. The summed E-state index contributed by atoms with van der Waals surface area (Å²) in [6, 6.07) is -0.0478. The lowest BCUT2D eigenvalue weighted by Gasteiger charge is -2.25. The fraction of sp³-hybridized carbons (Fsp3) is 0.647. The molecular formula is C17H25ClN6OS. The number of carbonyl (C=O) groups is 1. The lowest BCUT2D eigenvalue weighted by Crippen LogP contribution is -2.33. The standard InChI is InChI=1S/C17H25ClN6OS/c1-10(24-12(3)15(18)11(2)21-24)9-14(25)23-8-6-7-13(23)16-19-20-17(26-5)22(16)4/h10,13H,6-9H2,1-5H3. The zero-order valence-electron chi connectivity index (χ0n) is 15.9. The predicted octanol–water partition coefficient (Wildman–Crippen LogP) is 3.32. The molecule has 7 nitrogen and oxygen atoms in total. The van der Waals surface area contributed by atoms with Gasteiger partial charge < -0.3 is 9.47 Å². The van der Waals surface area contributed by atoms with E-state index in [1.54, 1.807) is 11.8 Å². The number of aromatic nitrogens is 5. The Labute approximate surface area is 163 Å². The molecule has 0 N–H and O–H groups in total. The third-order valence-corrected chi connectivity index (χ3v) is 6.31. The maximum absolute atomic E-state index is 13.0. The van der Waals surface area contributed by atoms with Crippen molar-refractivity contribution >= 4 is 29.3 Å². The summed E-state index contributed by atoms with van der Waals surface area (Å²) in [7, 11) is 1.96. The van der Waals surface area contributed by atoms with Gasteiger partial charge in [0.15, 0.2) is 11.0 Å². The number of halogens is 1. The molecule has 142 valence electrons. The van der Waals surface area contributed by atoms with Crippen molar-refractivity contribution in [2.75, 3.05) is 12.8 Å². The van der Waals surface area contributed by atoms with Crippen molar-refractivity contribution in [3.8, 4) is 0 Å². The van der Waals surface area contributed by atoms with Crippen molar-refractivity contribution in [1.82, 2.24) is 29.4 Å². The van der Waals surface area contributed by atoms with Crippen molar-refractivity contribution in [3.63, 3.8) is 0 Å². The molecule has 9 heteroatoms. The zero-order valence-corrected chi connectivity index (χ0v) is 17.4. The number of nitrogens with zero attached hydrogens (tertiary/aromatic N) is 6. The molecule has 0 spiro atoms. The average molecular weight is 397 g/mol. The Morgan fingerprint density at radius 3 is 2.69 bits per heavy atom. The lowest BCUT2D eigenvalue weighted by molar-refractivity contribution is -0.133. The highest BCUT2D eigenvalue weighted by molar-refractivity contribution is 7.98. The number of thioether (sulfide) groups is 1. The van der Waals surface area contributed by atoms with Crippen molar-refractivity contribution in [2.24, 2.45) is 7.05 Å². The van der Waals surface area contributed by atoms with E-state index < -0.39 is 0 Å². The van der Waals surface area contributed by atoms with Crippen LogP contribution in [0.2, 0.25) is 5.02 Å². The van der Waals surface area contributed by atoms with Crippen LogP contribution in [0.1, 0.15) is 55.5 Å². The summed E-state index contributed by atoms with van der Waals surface area (Å²) in [5, 5.41) is 14.6. The number of hydrogen-bond donors (Lipinski definition) is 0. The quantitative estimate of drug-likeness (QED) is 0.725. The van der Waals surface area contributed by atoms with Gasteiger partial charge in [0.05, 0.1) is 28.5 Å². The summed E-state index contributed by atoms with van der Waals surface area (Å²) in [5.74, 6) is 0.986. The second-order valence-corrected chi connectivity index (χ2v) is 7.98. The summed E-state index contributed by atoms with van der Waals surface area (Å²) < 4.78 is 3.85. The number of likely N-dealkylation sites (tertiary alicyclic amines) is 1. The Morgan fingerprint density at radius 1 is 1.38 bits per heavy atom. The Bertz CT molecular complexity index is 817. The molecule has 0 bridgehead atoms. The van der Waals surface area contributed by atoms with Crippen molar-refractivity contribution in [2.45, 2.75) is 57.3 Å². The van der Waals surface area contributed by atoms with Gasteiger partial charge in [0.25, 0.3) is 0 Å². The molecule has 0 aliphatic carbocycles. The molecule has 2 aromatic rings. The molecule has 2 atom stereocenters. The highest BCUT2D eigenvalue weighted by Crippen LogP contribution is 2.33. The van der Waals surface area contributed by atoms with Crippen LogP contribution >= 0.6 is 23.4 Å². The van der Waals surface area contributed by atoms with E-state index in [0.29, 0.717) is 11.4 Å². The Kier molecular flexibility index (Phi) is 5.62. The first-order valence-electron chi connectivity index (χ1n) is 8.79. The molecule has 0 saturated carbocycles. The third-order valence-electron chi connectivity index (χ3n) is 5.05. The van der Waals surface area contributed by atoms with E-state index in [9.17, 15) is 4.79 Å². The van der Waals surface area contributed by atoms with Crippen LogP contribution in [0.3, 0.4) is 0 Å². The minimum absolute atomic E-state index is 0.00265. The van der Waals surface area contributed by atoms with E-state index in [1.165, 1.54) is 0 Å². The third kappa shape index (κ3) is 3.36. The van der Waals surface area contributed by atoms with Gasteiger partial charge in [-0.3, -0.25) is 9.48 Å². The molecule has 26 heavy (non-hydrogen) atoms. The molecule has 3 rings (SSSR count). The number of rotatable bonds is 5. The minimum atomic E-state index is -0.0452. The number of amides is 1. The summed E-state index contributed by atoms with van der Waals surface area (Å²) in [5.41, 5.74) is 1.70. The van der Waals surface area contributed by atoms with Gasteiger partial charge in [-0.25, -0.2) is 0 Å². The highest BCUT2D eigenvalue weighted by Gasteiger charge is 2.34. The summed E-state index contributed by atoms with van der Waals surface area (Å²) in [4.78, 5) is 14.9. The van der Waals surface area contributed by atoms with Crippen molar-refractivity contribution in [1.29, 1.82) is 0 Å². The van der Waals surface area contributed by atoms with Crippen LogP contribution in [-0.4, -0.2) is 48.2 Å². The van der Waals surface area contributed by atoms with Crippen LogP contribution in [0.4, 0.5) is 0 Å². The first kappa shape index (κ1) is 19.2. The van der Waals surface area contributed by atoms with Gasteiger partial charge in [0.1, 0.15) is 0 Å². The van der Waals surface area contributed by atoms with E-state index in [4.69, 9.17) is 11.6 Å². The molecule has 2 unspecified atom stereocenters. The molecule has 1 aliphatic rings. The maximum atomic E-state index is 13.0. The Morgan fingerprint density at radius 2 is 2.12 bits per heavy atom. The molecule has 0 aromatic carbocycles. The van der Waals surface area contributed by atoms with E-state index in [2.05, 4.69) is 15.3 Å². The zero-order chi connectivity index (χ0) is 19.0. The topological polar surface area (TPSA) is 68.8 Å². The number of hydrogen-bond acceptors (Lipinski definition) is 5. The van der Waals surface area contributed by atoms with Gasteiger partial charge >= 0.3 is 0 Å². The second kappa shape index (κ2) is 7.60. The van der Waals surface area contributed by atoms with E-state index in [0.717, 1.165) is 41.8 Å². The van der Waals surface area contributed by atoms with Crippen LogP contribution in [0, 0.1) is 13.8 Å². The summed E-state index contributed by atoms with van der Waals surface area (Å²) >= 11 is 7.80. The molecule has 1 fully saturated rings. The van der Waals surface area contributed by atoms with Crippen molar-refractivity contribution < 1.29 is 4.79 Å². The first-order chi connectivity index (χ1) is 12.3. The van der Waals surface area contributed by atoms with Gasteiger partial charge in [-0.05, 0) is 39.9 Å². The van der Waals surface area contributed by atoms with Crippen LogP contribution in [0.25, 0.3) is 0 Å². The van der Waals surface area contributed by atoms with Gasteiger partial charge in [0.2, 0.25) is 5.91 Å². The van der Waals surface area contributed by atoms with E-state index in [1.807, 2.05) is 48.2 Å². The molecular weight excluding hydrogens is 372 g/mol. The van der Waals surface area contributed by atoms with Crippen LogP contribution in [-0.2, 0) is 11.8 Å². The molecule has 1 amide bonds. The van der Waals surface area contributed by atoms with Gasteiger partial charge in [-0.15, -0.1) is 10.2 Å². The lowest BCUT2D eigenvalue weighted by atomic mass is 10.1.